The van der Waals surface area contributed by atoms with Crippen molar-refractivity contribution >= 4 is 51.9 Å². The second kappa shape index (κ2) is 15.1. The Kier molecular flexibility index (Phi) is 12.1. The van der Waals surface area contributed by atoms with Gasteiger partial charge in [-0.05, 0) is 49.2 Å². The van der Waals surface area contributed by atoms with Crippen molar-refractivity contribution < 1.29 is 47.7 Å². The fourth-order valence-electron chi connectivity index (χ4n) is 4.40. The summed E-state index contributed by atoms with van der Waals surface area (Å²) in [7, 11) is -15.9. The topological polar surface area (TPSA) is 214 Å². The Labute approximate surface area is 275 Å². The van der Waals surface area contributed by atoms with E-state index in [0.717, 1.165) is 25.0 Å². The number of hydrogen-bond donors (Lipinski definition) is 2. The first-order valence-corrected chi connectivity index (χ1v) is 21.3. The Bertz CT molecular complexity index is 1810. The number of nitrogens with zero attached hydrogens (tertiary/aromatic N) is 2. The van der Waals surface area contributed by atoms with E-state index in [1.807, 2.05) is 0 Å². The lowest BCUT2D eigenvalue weighted by Crippen LogP contribution is -2.37. The minimum Gasteiger partial charge on any atom is -0.456 e. The molecule has 0 spiro atoms. The third-order valence-corrected chi connectivity index (χ3v) is 13.5. The average Bonchev–Trinajstić information content (AvgIpc) is 3.44. The van der Waals surface area contributed by atoms with E-state index in [-0.39, 0.29) is 39.0 Å². The molecule has 0 unspecified atom stereocenters. The molecule has 2 amide bonds. The van der Waals surface area contributed by atoms with E-state index in [4.69, 9.17) is 4.42 Å². The molecule has 3 rings (SSSR count). The average molecular weight is 733 g/mol. The zero-order valence-corrected chi connectivity index (χ0v) is 29.3. The molecule has 47 heavy (non-hydrogen) atoms. The third-order valence-electron chi connectivity index (χ3n) is 6.55. The van der Waals surface area contributed by atoms with Crippen LogP contribution in [0.4, 0.5) is 0 Å². The van der Waals surface area contributed by atoms with Crippen LogP contribution in [0, 0.1) is 0 Å². The Balaban J connectivity index is 1.53. The summed E-state index contributed by atoms with van der Waals surface area (Å²) in [6.45, 7) is -0.480. The number of carbonyl (C=O) groups is 2. The van der Waals surface area contributed by atoms with Crippen molar-refractivity contribution in [2.45, 2.75) is 12.8 Å². The van der Waals surface area contributed by atoms with Gasteiger partial charge in [0.15, 0.2) is 0 Å². The van der Waals surface area contributed by atoms with E-state index < -0.39 is 51.9 Å². The normalized spacial score (nSPS) is 12.7. The molecule has 0 atom stereocenters. The Hall–Kier alpha value is -3.62. The molecular weight excluding hydrogens is 697 g/mol. The third kappa shape index (κ3) is 11.0. The summed E-state index contributed by atoms with van der Waals surface area (Å²) in [5.74, 6) is 0.201. The summed E-state index contributed by atoms with van der Waals surface area (Å²) in [4.78, 5) is 25.0. The summed E-state index contributed by atoms with van der Waals surface area (Å²) in [5, 5.41) is 5.26. The van der Waals surface area contributed by atoms with Crippen LogP contribution in [0.5, 0.6) is 0 Å². The molecule has 1 aromatic heterocycles. The highest BCUT2D eigenvalue weighted by Gasteiger charge is 2.27. The molecule has 3 aromatic rings. The van der Waals surface area contributed by atoms with E-state index in [1.165, 1.54) is 0 Å². The van der Waals surface area contributed by atoms with Gasteiger partial charge < -0.3 is 15.1 Å². The van der Waals surface area contributed by atoms with Crippen LogP contribution in [-0.2, 0) is 40.1 Å². The summed E-state index contributed by atoms with van der Waals surface area (Å²) in [6, 6.07) is 16.6. The van der Waals surface area contributed by atoms with Gasteiger partial charge in [-0.3, -0.25) is 9.59 Å². The second-order valence-corrected chi connectivity index (χ2v) is 18.7. The smallest absolute Gasteiger partial charge is 0.251 e. The molecule has 2 aromatic carbocycles. The van der Waals surface area contributed by atoms with Gasteiger partial charge in [0, 0.05) is 48.4 Å². The standard InChI is InChI=1S/C28H36N4O11S4/c1-44(35,36)31(45(2,37)38)19-5-17-29-27(33)23-11-7-21(8-12-23)25-15-16-26(43-25)22-9-13-24(14-10-22)28(34)30-18-6-20-32(46(3,39)40)47(4,41)42/h7-16H,5-6,17-20H2,1-4H3,(H,29,33)(H,30,34). The number of rotatable bonds is 16. The van der Waals surface area contributed by atoms with Crippen LogP contribution >= 0.6 is 0 Å². The summed E-state index contributed by atoms with van der Waals surface area (Å²) in [5.41, 5.74) is 2.04. The highest BCUT2D eigenvalue weighted by molar-refractivity contribution is 8.03. The highest BCUT2D eigenvalue weighted by Crippen LogP contribution is 2.29. The van der Waals surface area contributed by atoms with Crippen molar-refractivity contribution in [1.82, 2.24) is 18.1 Å². The quantitative estimate of drug-likeness (QED) is 0.200. The van der Waals surface area contributed by atoms with Crippen LogP contribution in [0.25, 0.3) is 22.6 Å². The molecule has 0 bridgehead atoms. The number of amides is 2. The molecule has 0 fully saturated rings. The molecule has 0 aliphatic heterocycles. The number of furan rings is 1. The van der Waals surface area contributed by atoms with E-state index >= 15 is 0 Å². The fourth-order valence-corrected chi connectivity index (χ4v) is 10.2. The molecule has 258 valence electrons. The predicted molar refractivity (Wildman–Crippen MR) is 176 cm³/mol. The summed E-state index contributed by atoms with van der Waals surface area (Å²) in [6.07, 6.45) is 3.36. The fraction of sp³-hybridized carbons (Fsp3) is 0.357. The van der Waals surface area contributed by atoms with Gasteiger partial charge in [0.25, 0.3) is 11.8 Å². The van der Waals surface area contributed by atoms with Crippen molar-refractivity contribution in [3.8, 4) is 22.6 Å². The van der Waals surface area contributed by atoms with Crippen molar-refractivity contribution in [2.24, 2.45) is 0 Å². The maximum atomic E-state index is 12.5. The number of nitrogens with one attached hydrogen (secondary N) is 2. The van der Waals surface area contributed by atoms with Gasteiger partial charge in [-0.2, -0.15) is 0 Å². The molecule has 2 N–H and O–H groups in total. The van der Waals surface area contributed by atoms with Crippen LogP contribution in [0.15, 0.2) is 65.1 Å². The Morgan fingerprint density at radius 1 is 0.532 bits per heavy atom. The number of benzene rings is 2. The highest BCUT2D eigenvalue weighted by atomic mass is 32.3. The molecule has 0 radical (unpaired) electrons. The molecular formula is C28H36N4O11S4. The van der Waals surface area contributed by atoms with Crippen LogP contribution < -0.4 is 10.6 Å². The summed E-state index contributed by atoms with van der Waals surface area (Å²) >= 11 is 0. The van der Waals surface area contributed by atoms with E-state index in [9.17, 15) is 43.3 Å². The lowest BCUT2D eigenvalue weighted by molar-refractivity contribution is 0.0945. The van der Waals surface area contributed by atoms with Crippen molar-refractivity contribution in [2.75, 3.05) is 51.2 Å². The Morgan fingerprint density at radius 3 is 1.11 bits per heavy atom. The van der Waals surface area contributed by atoms with E-state index in [1.54, 1.807) is 60.7 Å². The van der Waals surface area contributed by atoms with E-state index in [2.05, 4.69) is 10.6 Å². The zero-order valence-electron chi connectivity index (χ0n) is 26.0. The summed E-state index contributed by atoms with van der Waals surface area (Å²) < 4.78 is 100. The first-order chi connectivity index (χ1) is 21.7. The second-order valence-electron chi connectivity index (χ2n) is 10.6. The molecule has 19 heteroatoms. The lowest BCUT2D eigenvalue weighted by atomic mass is 10.1. The minimum absolute atomic E-state index is 0.0552. The van der Waals surface area contributed by atoms with Gasteiger partial charge in [-0.25, -0.2) is 33.7 Å². The molecule has 0 aliphatic rings. The predicted octanol–water partition coefficient (Wildman–Crippen LogP) is 1.30. The number of sulfonamides is 4. The zero-order chi connectivity index (χ0) is 35.2. The van der Waals surface area contributed by atoms with Crippen LogP contribution in [0.2, 0.25) is 0 Å². The van der Waals surface area contributed by atoms with Gasteiger partial charge in [0.1, 0.15) is 11.5 Å². The van der Waals surface area contributed by atoms with Gasteiger partial charge in [-0.1, -0.05) is 31.7 Å². The van der Waals surface area contributed by atoms with Crippen molar-refractivity contribution in [3.05, 3.63) is 71.8 Å². The first-order valence-electron chi connectivity index (χ1n) is 13.9. The molecule has 15 nitrogen and oxygen atoms in total. The van der Waals surface area contributed by atoms with Crippen LogP contribution in [-0.4, -0.2) is 104 Å². The molecule has 1 heterocycles. The minimum atomic E-state index is -3.96. The number of hydrogen-bond acceptors (Lipinski definition) is 11. The van der Waals surface area contributed by atoms with Crippen LogP contribution in [0.1, 0.15) is 33.6 Å². The van der Waals surface area contributed by atoms with E-state index in [0.29, 0.717) is 41.2 Å². The monoisotopic (exact) mass is 732 g/mol. The molecule has 0 saturated heterocycles. The largest absolute Gasteiger partial charge is 0.456 e. The lowest BCUT2D eigenvalue weighted by Gasteiger charge is -2.17. The molecule has 0 saturated carbocycles. The maximum absolute atomic E-state index is 12.5. The molecule has 0 aliphatic carbocycles. The first kappa shape index (κ1) is 37.8. The van der Waals surface area contributed by atoms with Gasteiger partial charge >= 0.3 is 0 Å². The van der Waals surface area contributed by atoms with Gasteiger partial charge in [-0.15, -0.1) is 0 Å². The number of carbonyl (C=O) groups excluding carboxylic acids is 2. The maximum Gasteiger partial charge on any atom is 0.251 e. The Morgan fingerprint density at radius 2 is 0.830 bits per heavy atom. The van der Waals surface area contributed by atoms with Crippen molar-refractivity contribution in [3.63, 3.8) is 0 Å². The van der Waals surface area contributed by atoms with Gasteiger partial charge in [0.05, 0.1) is 25.0 Å². The van der Waals surface area contributed by atoms with Crippen molar-refractivity contribution in [1.29, 1.82) is 0 Å². The van der Waals surface area contributed by atoms with Gasteiger partial charge in [0.2, 0.25) is 40.1 Å². The SMILES string of the molecule is CS(=O)(=O)N(CCCNC(=O)c1ccc(-c2ccc(-c3ccc(C(=O)NCCCN(S(C)(=O)=O)S(C)(=O)=O)cc3)o2)cc1)S(C)(=O)=O. The van der Waals surface area contributed by atoms with Crippen LogP contribution in [0.3, 0.4) is 0 Å².